The van der Waals surface area contributed by atoms with E-state index in [9.17, 15) is 0 Å². The van der Waals surface area contributed by atoms with Crippen molar-refractivity contribution in [3.8, 4) is 17.2 Å². The molecule has 4 nitrogen and oxygen atoms in total. The van der Waals surface area contributed by atoms with E-state index < -0.39 is 0 Å². The van der Waals surface area contributed by atoms with Crippen LogP contribution in [0.3, 0.4) is 0 Å². The summed E-state index contributed by atoms with van der Waals surface area (Å²) in [6, 6.07) is 12.7. The van der Waals surface area contributed by atoms with Crippen LogP contribution in [-0.4, -0.2) is 27.4 Å². The first-order valence-corrected chi connectivity index (χ1v) is 8.83. The molecule has 0 radical (unpaired) electrons. The molecule has 134 valence electrons. The number of methoxy groups -OCH3 is 2. The summed E-state index contributed by atoms with van der Waals surface area (Å²) in [6.45, 7) is 5.91. The van der Waals surface area contributed by atoms with Gasteiger partial charge in [0.1, 0.15) is 12.4 Å². The smallest absolute Gasteiger partial charge is 0.161 e. The second-order valence-corrected chi connectivity index (χ2v) is 6.70. The van der Waals surface area contributed by atoms with E-state index in [2.05, 4.69) is 43.4 Å². The molecular weight excluding hydrogens is 314 g/mol. The molecule has 0 amide bonds. The van der Waals surface area contributed by atoms with E-state index in [1.165, 1.54) is 16.7 Å². The molecule has 0 aromatic heterocycles. The van der Waals surface area contributed by atoms with E-state index in [0.717, 1.165) is 30.2 Å². The Bertz CT molecular complexity index is 710. The molecule has 0 saturated carbocycles. The van der Waals surface area contributed by atoms with Gasteiger partial charge in [0, 0.05) is 0 Å². The van der Waals surface area contributed by atoms with Crippen LogP contribution in [0.4, 0.5) is 0 Å². The minimum Gasteiger partial charge on any atom is -0.493 e. The van der Waals surface area contributed by atoms with Gasteiger partial charge >= 0.3 is 0 Å². The minimum atomic E-state index is 0.147. The second kappa shape index (κ2) is 7.79. The van der Waals surface area contributed by atoms with Crippen molar-refractivity contribution in [1.82, 2.24) is 5.32 Å². The van der Waals surface area contributed by atoms with E-state index in [0.29, 0.717) is 12.5 Å². The maximum absolute atomic E-state index is 6.03. The van der Waals surface area contributed by atoms with Crippen molar-refractivity contribution in [3.63, 3.8) is 0 Å². The average Bonchev–Trinajstić information content (AvgIpc) is 2.65. The summed E-state index contributed by atoms with van der Waals surface area (Å²) in [4.78, 5) is 0. The fraction of sp³-hybridized carbons (Fsp3) is 0.429. The molecule has 25 heavy (non-hydrogen) atoms. The summed E-state index contributed by atoms with van der Waals surface area (Å²) in [6.07, 6.45) is 0.981. The normalized spacial score (nSPS) is 16.4. The number of nitrogens with one attached hydrogen (secondary N) is 1. The van der Waals surface area contributed by atoms with Crippen molar-refractivity contribution in [2.24, 2.45) is 0 Å². The Balaban J connectivity index is 1.74. The van der Waals surface area contributed by atoms with Crippen LogP contribution in [0.15, 0.2) is 36.4 Å². The number of rotatable bonds is 6. The number of fused-ring (bicyclic) bond motifs is 1. The molecule has 0 bridgehead atoms. The van der Waals surface area contributed by atoms with E-state index in [4.69, 9.17) is 14.2 Å². The number of hydrogen-bond acceptors (Lipinski definition) is 4. The standard InChI is InChI=1S/C21H27NO3/c1-14(2)15-5-7-17(8-6-15)25-13-19-18-12-21(24-4)20(23-3)11-16(18)9-10-22-19/h5-8,11-12,14,19,22H,9-10,13H2,1-4H3/t19-/m1/s1. The van der Waals surface area contributed by atoms with Gasteiger partial charge in [0.25, 0.3) is 0 Å². The summed E-state index contributed by atoms with van der Waals surface area (Å²) in [5.41, 5.74) is 3.84. The zero-order valence-electron chi connectivity index (χ0n) is 15.5. The highest BCUT2D eigenvalue weighted by atomic mass is 16.5. The second-order valence-electron chi connectivity index (χ2n) is 6.70. The highest BCUT2D eigenvalue weighted by Crippen LogP contribution is 2.35. The minimum absolute atomic E-state index is 0.147. The Kier molecular flexibility index (Phi) is 5.49. The zero-order valence-corrected chi connectivity index (χ0v) is 15.5. The lowest BCUT2D eigenvalue weighted by Gasteiger charge is -2.28. The molecule has 1 aliphatic heterocycles. The van der Waals surface area contributed by atoms with Crippen molar-refractivity contribution in [3.05, 3.63) is 53.1 Å². The molecule has 1 atom stereocenters. The maximum atomic E-state index is 6.03. The van der Waals surface area contributed by atoms with Gasteiger partial charge < -0.3 is 19.5 Å². The molecule has 2 aromatic rings. The molecule has 0 saturated heterocycles. The van der Waals surface area contributed by atoms with Crippen LogP contribution in [0.25, 0.3) is 0 Å². The lowest BCUT2D eigenvalue weighted by Crippen LogP contribution is -2.33. The molecule has 0 spiro atoms. The Morgan fingerprint density at radius 1 is 1.04 bits per heavy atom. The monoisotopic (exact) mass is 341 g/mol. The van der Waals surface area contributed by atoms with E-state index in [1.807, 2.05) is 12.1 Å². The largest absolute Gasteiger partial charge is 0.493 e. The molecule has 0 aliphatic carbocycles. The SMILES string of the molecule is COc1cc2c(cc1OC)[C@@H](COc1ccc(C(C)C)cc1)NCC2. The van der Waals surface area contributed by atoms with Crippen LogP contribution >= 0.6 is 0 Å². The highest BCUT2D eigenvalue weighted by molar-refractivity contribution is 5.49. The van der Waals surface area contributed by atoms with Crippen LogP contribution < -0.4 is 19.5 Å². The lowest BCUT2D eigenvalue weighted by atomic mass is 9.94. The number of ether oxygens (including phenoxy) is 3. The molecule has 0 unspecified atom stereocenters. The summed E-state index contributed by atoms with van der Waals surface area (Å²) < 4.78 is 16.9. The Labute approximate surface area is 150 Å². The van der Waals surface area contributed by atoms with Gasteiger partial charge in [-0.25, -0.2) is 0 Å². The van der Waals surface area contributed by atoms with Gasteiger partial charge in [-0.3, -0.25) is 0 Å². The third kappa shape index (κ3) is 3.90. The van der Waals surface area contributed by atoms with Crippen LogP contribution in [-0.2, 0) is 6.42 Å². The quantitative estimate of drug-likeness (QED) is 0.859. The fourth-order valence-corrected chi connectivity index (χ4v) is 3.25. The topological polar surface area (TPSA) is 39.7 Å². The van der Waals surface area contributed by atoms with Crippen molar-refractivity contribution >= 4 is 0 Å². The average molecular weight is 341 g/mol. The van der Waals surface area contributed by atoms with Gasteiger partial charge in [0.05, 0.1) is 20.3 Å². The van der Waals surface area contributed by atoms with Gasteiger partial charge in [0.15, 0.2) is 11.5 Å². The lowest BCUT2D eigenvalue weighted by molar-refractivity contribution is 0.260. The Morgan fingerprint density at radius 2 is 1.72 bits per heavy atom. The Morgan fingerprint density at radius 3 is 2.36 bits per heavy atom. The number of hydrogen-bond donors (Lipinski definition) is 1. The molecule has 4 heteroatoms. The molecule has 0 fully saturated rings. The summed E-state index contributed by atoms with van der Waals surface area (Å²) in [7, 11) is 3.34. The highest BCUT2D eigenvalue weighted by Gasteiger charge is 2.23. The maximum Gasteiger partial charge on any atom is 0.161 e. The Hall–Kier alpha value is -2.20. The van der Waals surface area contributed by atoms with Gasteiger partial charge in [-0.2, -0.15) is 0 Å². The molecule has 3 rings (SSSR count). The van der Waals surface area contributed by atoms with Crippen LogP contribution in [0.5, 0.6) is 17.2 Å². The third-order valence-electron chi connectivity index (χ3n) is 4.77. The van der Waals surface area contributed by atoms with Crippen molar-refractivity contribution < 1.29 is 14.2 Å². The fourth-order valence-electron chi connectivity index (χ4n) is 3.25. The van der Waals surface area contributed by atoms with E-state index >= 15 is 0 Å². The van der Waals surface area contributed by atoms with Crippen molar-refractivity contribution in [1.29, 1.82) is 0 Å². The summed E-state index contributed by atoms with van der Waals surface area (Å²) in [5, 5.41) is 3.54. The number of benzene rings is 2. The first kappa shape index (κ1) is 17.6. The first-order valence-electron chi connectivity index (χ1n) is 8.83. The van der Waals surface area contributed by atoms with Crippen molar-refractivity contribution in [2.45, 2.75) is 32.2 Å². The predicted octanol–water partition coefficient (Wildman–Crippen LogP) is 4.09. The summed E-state index contributed by atoms with van der Waals surface area (Å²) in [5.74, 6) is 2.98. The zero-order chi connectivity index (χ0) is 17.8. The van der Waals surface area contributed by atoms with Crippen LogP contribution in [0, 0.1) is 0 Å². The van der Waals surface area contributed by atoms with Gasteiger partial charge in [0.2, 0.25) is 0 Å². The van der Waals surface area contributed by atoms with Crippen LogP contribution in [0.2, 0.25) is 0 Å². The van der Waals surface area contributed by atoms with Crippen LogP contribution in [0.1, 0.15) is 42.5 Å². The summed E-state index contributed by atoms with van der Waals surface area (Å²) >= 11 is 0. The van der Waals surface area contributed by atoms with Crippen molar-refractivity contribution in [2.75, 3.05) is 27.4 Å². The molecule has 1 aliphatic rings. The van der Waals surface area contributed by atoms with E-state index in [-0.39, 0.29) is 6.04 Å². The third-order valence-corrected chi connectivity index (χ3v) is 4.77. The van der Waals surface area contributed by atoms with Gasteiger partial charge in [-0.1, -0.05) is 26.0 Å². The first-order chi connectivity index (χ1) is 12.1. The molecule has 1 heterocycles. The predicted molar refractivity (Wildman–Crippen MR) is 100 cm³/mol. The van der Waals surface area contributed by atoms with Gasteiger partial charge in [-0.05, 0) is 59.8 Å². The van der Waals surface area contributed by atoms with Gasteiger partial charge in [-0.15, -0.1) is 0 Å². The molecule has 1 N–H and O–H groups in total. The molecular formula is C21H27NO3. The molecule has 2 aromatic carbocycles. The van der Waals surface area contributed by atoms with E-state index in [1.54, 1.807) is 14.2 Å².